The number of carbonyl (C=O) groups excluding carboxylic acids is 1. The van der Waals surface area contributed by atoms with Crippen molar-refractivity contribution < 1.29 is 4.79 Å². The molecule has 0 aliphatic heterocycles. The Morgan fingerprint density at radius 3 is 3.00 bits per heavy atom. The van der Waals surface area contributed by atoms with Gasteiger partial charge < -0.3 is 21.4 Å². The van der Waals surface area contributed by atoms with Crippen molar-refractivity contribution in [1.29, 1.82) is 0 Å². The lowest BCUT2D eigenvalue weighted by Gasteiger charge is -2.16. The molecule has 5 N–H and O–H groups in total. The highest BCUT2D eigenvalue weighted by Gasteiger charge is 2.12. The van der Waals surface area contributed by atoms with Crippen LogP contribution in [0.5, 0.6) is 0 Å². The summed E-state index contributed by atoms with van der Waals surface area (Å²) in [6.07, 6.45) is 6.79. The van der Waals surface area contributed by atoms with E-state index in [0.717, 1.165) is 0 Å². The number of primary amides is 1. The quantitative estimate of drug-likeness (QED) is 0.723. The van der Waals surface area contributed by atoms with Crippen LogP contribution in [0.4, 0.5) is 11.5 Å². The van der Waals surface area contributed by atoms with Crippen molar-refractivity contribution in [2.24, 2.45) is 5.73 Å². The Hall–Kier alpha value is -2.57. The summed E-state index contributed by atoms with van der Waals surface area (Å²) in [5.41, 5.74) is 11.6. The molecule has 0 aliphatic carbocycles. The van der Waals surface area contributed by atoms with E-state index in [9.17, 15) is 4.79 Å². The van der Waals surface area contributed by atoms with E-state index in [-0.39, 0.29) is 11.6 Å². The number of hydrogen-bond donors (Lipinski definition) is 3. The van der Waals surface area contributed by atoms with E-state index in [4.69, 9.17) is 11.5 Å². The third kappa shape index (κ3) is 3.21. The molecule has 0 aromatic carbocycles. The molecule has 19 heavy (non-hydrogen) atoms. The van der Waals surface area contributed by atoms with Gasteiger partial charge in [0.2, 0.25) is 0 Å². The van der Waals surface area contributed by atoms with E-state index in [0.29, 0.717) is 18.1 Å². The minimum Gasteiger partial charge on any atom is -0.397 e. The number of anilines is 2. The number of pyridine rings is 1. The largest absolute Gasteiger partial charge is 0.397 e. The van der Waals surface area contributed by atoms with Crippen molar-refractivity contribution in [1.82, 2.24) is 14.5 Å². The van der Waals surface area contributed by atoms with E-state index >= 15 is 0 Å². The van der Waals surface area contributed by atoms with Gasteiger partial charge in [-0.1, -0.05) is 0 Å². The Bertz CT molecular complexity index is 566. The highest BCUT2D eigenvalue weighted by molar-refractivity contribution is 5.98. The minimum atomic E-state index is -0.558. The zero-order valence-electron chi connectivity index (χ0n) is 10.6. The molecule has 100 valence electrons. The molecule has 2 aromatic rings. The van der Waals surface area contributed by atoms with Crippen molar-refractivity contribution in [2.75, 3.05) is 11.1 Å². The van der Waals surface area contributed by atoms with Gasteiger partial charge in [-0.25, -0.2) is 9.97 Å². The van der Waals surface area contributed by atoms with Gasteiger partial charge >= 0.3 is 0 Å². The number of carbonyl (C=O) groups is 1. The predicted molar refractivity (Wildman–Crippen MR) is 72.5 cm³/mol. The van der Waals surface area contributed by atoms with Crippen LogP contribution in [0, 0.1) is 0 Å². The Balaban J connectivity index is 2.12. The second-order valence-corrected chi connectivity index (χ2v) is 4.33. The van der Waals surface area contributed by atoms with Crippen LogP contribution in [0.2, 0.25) is 0 Å². The van der Waals surface area contributed by atoms with Crippen LogP contribution in [0.25, 0.3) is 0 Å². The first-order valence-electron chi connectivity index (χ1n) is 5.84. The molecule has 7 heteroatoms. The van der Waals surface area contributed by atoms with Crippen molar-refractivity contribution in [3.05, 3.63) is 36.5 Å². The molecule has 1 amide bonds. The van der Waals surface area contributed by atoms with E-state index in [2.05, 4.69) is 15.3 Å². The van der Waals surface area contributed by atoms with Crippen molar-refractivity contribution in [3.63, 3.8) is 0 Å². The van der Waals surface area contributed by atoms with Gasteiger partial charge in [-0.05, 0) is 13.0 Å². The molecule has 0 bridgehead atoms. The molecular formula is C12H16N6O. The second kappa shape index (κ2) is 5.38. The third-order valence-electron chi connectivity index (χ3n) is 2.60. The summed E-state index contributed by atoms with van der Waals surface area (Å²) in [5.74, 6) is -0.119. The first-order valence-corrected chi connectivity index (χ1v) is 5.84. The van der Waals surface area contributed by atoms with Crippen LogP contribution < -0.4 is 16.8 Å². The molecule has 0 saturated heterocycles. The number of aromatic nitrogens is 3. The maximum atomic E-state index is 11.3. The highest BCUT2D eigenvalue weighted by atomic mass is 16.1. The zero-order chi connectivity index (χ0) is 13.8. The SMILES string of the molecule is CC(Cn1ccnc1)Nc1ncc(N)cc1C(N)=O. The molecule has 0 aliphatic rings. The fourth-order valence-electron chi connectivity index (χ4n) is 1.77. The lowest BCUT2D eigenvalue weighted by Crippen LogP contribution is -2.24. The fraction of sp³-hybridized carbons (Fsp3) is 0.250. The van der Waals surface area contributed by atoms with E-state index < -0.39 is 5.91 Å². The summed E-state index contributed by atoms with van der Waals surface area (Å²) in [4.78, 5) is 19.4. The summed E-state index contributed by atoms with van der Waals surface area (Å²) in [6.45, 7) is 2.67. The summed E-state index contributed by atoms with van der Waals surface area (Å²) < 4.78 is 1.93. The Morgan fingerprint density at radius 1 is 1.58 bits per heavy atom. The van der Waals surface area contributed by atoms with E-state index in [1.165, 1.54) is 12.3 Å². The second-order valence-electron chi connectivity index (χ2n) is 4.33. The topological polar surface area (TPSA) is 112 Å². The zero-order valence-corrected chi connectivity index (χ0v) is 10.6. The smallest absolute Gasteiger partial charge is 0.252 e. The first kappa shape index (κ1) is 12.9. The van der Waals surface area contributed by atoms with Gasteiger partial charge in [0, 0.05) is 25.0 Å². The number of nitrogens with zero attached hydrogens (tertiary/aromatic N) is 3. The van der Waals surface area contributed by atoms with Crippen molar-refractivity contribution in [3.8, 4) is 0 Å². The summed E-state index contributed by atoms with van der Waals surface area (Å²) in [7, 11) is 0. The standard InChI is InChI=1S/C12H16N6O/c1-8(6-18-3-2-15-7-18)17-12-10(11(14)19)4-9(13)5-16-12/h2-5,7-8H,6,13H2,1H3,(H2,14,19)(H,16,17). The molecule has 0 radical (unpaired) electrons. The van der Waals surface area contributed by atoms with Gasteiger partial charge in [-0.15, -0.1) is 0 Å². The fourth-order valence-corrected chi connectivity index (χ4v) is 1.77. The van der Waals surface area contributed by atoms with Crippen molar-refractivity contribution >= 4 is 17.4 Å². The van der Waals surface area contributed by atoms with Crippen LogP contribution in [0.1, 0.15) is 17.3 Å². The monoisotopic (exact) mass is 260 g/mol. The number of imidazole rings is 1. The molecule has 0 fully saturated rings. The number of nitrogens with two attached hydrogens (primary N) is 2. The molecule has 2 aromatic heterocycles. The number of rotatable bonds is 5. The maximum absolute atomic E-state index is 11.3. The van der Waals surface area contributed by atoms with E-state index in [1.54, 1.807) is 12.5 Å². The summed E-state index contributed by atoms with van der Waals surface area (Å²) in [5, 5.41) is 3.14. The molecule has 1 atom stereocenters. The molecule has 0 spiro atoms. The van der Waals surface area contributed by atoms with Crippen molar-refractivity contribution in [2.45, 2.75) is 19.5 Å². The van der Waals surface area contributed by atoms with Crippen LogP contribution in [0.3, 0.4) is 0 Å². The third-order valence-corrected chi connectivity index (χ3v) is 2.60. The van der Waals surface area contributed by atoms with E-state index in [1.807, 2.05) is 17.7 Å². The average molecular weight is 260 g/mol. The van der Waals surface area contributed by atoms with Crippen LogP contribution >= 0.6 is 0 Å². The van der Waals surface area contributed by atoms with Gasteiger partial charge in [0.25, 0.3) is 5.91 Å². The maximum Gasteiger partial charge on any atom is 0.252 e. The lowest BCUT2D eigenvalue weighted by molar-refractivity contribution is 0.100. The molecule has 7 nitrogen and oxygen atoms in total. The number of nitrogens with one attached hydrogen (secondary N) is 1. The molecular weight excluding hydrogens is 244 g/mol. The van der Waals surface area contributed by atoms with Crippen LogP contribution in [0.15, 0.2) is 31.0 Å². The van der Waals surface area contributed by atoms with Crippen LogP contribution in [-0.4, -0.2) is 26.5 Å². The summed E-state index contributed by atoms with van der Waals surface area (Å²) >= 11 is 0. The number of hydrogen-bond acceptors (Lipinski definition) is 5. The van der Waals surface area contributed by atoms with Gasteiger partial charge in [0.15, 0.2) is 0 Å². The van der Waals surface area contributed by atoms with Gasteiger partial charge in [0.1, 0.15) is 5.82 Å². The first-order chi connectivity index (χ1) is 9.06. The Kier molecular flexibility index (Phi) is 3.65. The number of nitrogen functional groups attached to an aromatic ring is 1. The van der Waals surface area contributed by atoms with Gasteiger partial charge in [-0.2, -0.15) is 0 Å². The summed E-state index contributed by atoms with van der Waals surface area (Å²) in [6, 6.07) is 1.57. The molecule has 2 rings (SSSR count). The Labute approximate surface area is 110 Å². The predicted octanol–water partition coefficient (Wildman–Crippen LogP) is 0.460. The normalized spacial score (nSPS) is 12.1. The van der Waals surface area contributed by atoms with Gasteiger partial charge in [0.05, 0.1) is 23.8 Å². The molecule has 2 heterocycles. The average Bonchev–Trinajstić information content (AvgIpc) is 2.83. The number of amides is 1. The van der Waals surface area contributed by atoms with Crippen LogP contribution in [-0.2, 0) is 6.54 Å². The highest BCUT2D eigenvalue weighted by Crippen LogP contribution is 2.16. The minimum absolute atomic E-state index is 0.0587. The van der Waals surface area contributed by atoms with Gasteiger partial charge in [-0.3, -0.25) is 4.79 Å². The molecule has 0 saturated carbocycles. The Morgan fingerprint density at radius 2 is 2.37 bits per heavy atom. The molecule has 1 unspecified atom stereocenters. The lowest BCUT2D eigenvalue weighted by atomic mass is 10.2.